The molecule has 21 heavy (non-hydrogen) atoms. The fraction of sp³-hybridized carbons (Fsp3) is 0.765. The van der Waals surface area contributed by atoms with Crippen molar-refractivity contribution in [3.63, 3.8) is 0 Å². The molecule has 0 unspecified atom stereocenters. The van der Waals surface area contributed by atoms with Crippen LogP contribution >= 0.6 is 0 Å². The van der Waals surface area contributed by atoms with Crippen LogP contribution in [0.15, 0.2) is 12.2 Å². The summed E-state index contributed by atoms with van der Waals surface area (Å²) < 4.78 is 0. The summed E-state index contributed by atoms with van der Waals surface area (Å²) in [6.45, 7) is 8.26. The van der Waals surface area contributed by atoms with Crippen molar-refractivity contribution >= 4 is 11.9 Å². The molecule has 2 rings (SSSR count). The van der Waals surface area contributed by atoms with Crippen molar-refractivity contribution in [2.24, 2.45) is 23.7 Å². The molecule has 2 aliphatic rings. The predicted octanol–water partition coefficient (Wildman–Crippen LogP) is 2.93. The Labute approximate surface area is 127 Å². The van der Waals surface area contributed by atoms with Crippen LogP contribution in [0, 0.1) is 23.7 Å². The van der Waals surface area contributed by atoms with E-state index in [1.807, 2.05) is 11.0 Å². The highest BCUT2D eigenvalue weighted by Crippen LogP contribution is 2.49. The van der Waals surface area contributed by atoms with Crippen LogP contribution in [0.4, 0.5) is 0 Å². The molecule has 4 heteroatoms. The van der Waals surface area contributed by atoms with Crippen LogP contribution < -0.4 is 0 Å². The molecule has 2 bridgehead atoms. The number of fused-ring (bicyclic) bond motifs is 2. The Morgan fingerprint density at radius 2 is 1.57 bits per heavy atom. The van der Waals surface area contributed by atoms with E-state index in [1.54, 1.807) is 0 Å². The average Bonchev–Trinajstić information content (AvgIpc) is 3.07. The number of carbonyl (C=O) groups excluding carboxylic acids is 1. The summed E-state index contributed by atoms with van der Waals surface area (Å²) in [5.74, 6) is -1.54. The van der Waals surface area contributed by atoms with Gasteiger partial charge in [0.1, 0.15) is 0 Å². The van der Waals surface area contributed by atoms with Gasteiger partial charge in [0, 0.05) is 12.1 Å². The molecule has 0 aliphatic heterocycles. The molecule has 2 aliphatic carbocycles. The van der Waals surface area contributed by atoms with Crippen molar-refractivity contribution in [3.05, 3.63) is 12.2 Å². The summed E-state index contributed by atoms with van der Waals surface area (Å²) in [5.41, 5.74) is 0. The number of rotatable bonds is 6. The van der Waals surface area contributed by atoms with Crippen LogP contribution in [-0.2, 0) is 9.59 Å². The molecule has 1 saturated carbocycles. The Morgan fingerprint density at radius 3 is 2.00 bits per heavy atom. The van der Waals surface area contributed by atoms with Crippen LogP contribution in [0.3, 0.4) is 0 Å². The number of allylic oxidation sites excluding steroid dienone is 2. The molecule has 118 valence electrons. The third-order valence-corrected chi connectivity index (χ3v) is 5.42. The number of carboxylic acids is 1. The molecule has 0 heterocycles. The molecular formula is C17H27NO3. The fourth-order valence-corrected chi connectivity index (χ4v) is 3.93. The lowest BCUT2D eigenvalue weighted by Crippen LogP contribution is -2.50. The minimum atomic E-state index is -0.821. The van der Waals surface area contributed by atoms with Gasteiger partial charge >= 0.3 is 5.97 Å². The first-order valence-electron chi connectivity index (χ1n) is 8.15. The van der Waals surface area contributed by atoms with Crippen molar-refractivity contribution < 1.29 is 14.7 Å². The zero-order valence-electron chi connectivity index (χ0n) is 13.5. The average molecular weight is 293 g/mol. The molecule has 0 aromatic rings. The molecule has 0 spiro atoms. The highest BCUT2D eigenvalue weighted by Gasteiger charge is 2.53. The smallest absolute Gasteiger partial charge is 0.307 e. The molecule has 6 atom stereocenters. The monoisotopic (exact) mass is 293 g/mol. The van der Waals surface area contributed by atoms with Gasteiger partial charge in [-0.25, -0.2) is 0 Å². The van der Waals surface area contributed by atoms with E-state index in [2.05, 4.69) is 33.8 Å². The number of nitrogens with zero attached hydrogens (tertiary/aromatic N) is 1. The molecule has 0 aromatic carbocycles. The second kappa shape index (κ2) is 6.20. The van der Waals surface area contributed by atoms with Crippen LogP contribution in [0.2, 0.25) is 0 Å². The number of aliphatic carboxylic acids is 1. The van der Waals surface area contributed by atoms with Gasteiger partial charge in [0.2, 0.25) is 5.91 Å². The molecule has 0 radical (unpaired) electrons. The van der Waals surface area contributed by atoms with E-state index >= 15 is 0 Å². The first-order chi connectivity index (χ1) is 9.92. The van der Waals surface area contributed by atoms with E-state index in [-0.39, 0.29) is 35.7 Å². The van der Waals surface area contributed by atoms with E-state index in [9.17, 15) is 14.7 Å². The lowest BCUT2D eigenvalue weighted by atomic mass is 9.81. The Hall–Kier alpha value is -1.32. The summed E-state index contributed by atoms with van der Waals surface area (Å²) in [6, 6.07) is 0.315. The Morgan fingerprint density at radius 1 is 1.10 bits per heavy atom. The molecule has 4 nitrogen and oxygen atoms in total. The third kappa shape index (κ3) is 2.72. The lowest BCUT2D eigenvalue weighted by molar-refractivity contribution is -0.153. The lowest BCUT2D eigenvalue weighted by Gasteiger charge is -2.38. The van der Waals surface area contributed by atoms with Gasteiger partial charge in [0.15, 0.2) is 0 Å². The molecule has 1 fully saturated rings. The predicted molar refractivity (Wildman–Crippen MR) is 81.7 cm³/mol. The van der Waals surface area contributed by atoms with E-state index in [1.165, 1.54) is 0 Å². The maximum absolute atomic E-state index is 13.1. The molecular weight excluding hydrogens is 266 g/mol. The number of carbonyl (C=O) groups is 2. The quantitative estimate of drug-likeness (QED) is 0.766. The first kappa shape index (κ1) is 16.1. The van der Waals surface area contributed by atoms with E-state index in [4.69, 9.17) is 0 Å². The van der Waals surface area contributed by atoms with Crippen LogP contribution in [0.25, 0.3) is 0 Å². The van der Waals surface area contributed by atoms with E-state index < -0.39 is 11.9 Å². The van der Waals surface area contributed by atoms with Crippen molar-refractivity contribution in [2.75, 3.05) is 0 Å². The maximum Gasteiger partial charge on any atom is 0.307 e. The Balaban J connectivity index is 2.27. The van der Waals surface area contributed by atoms with Crippen molar-refractivity contribution in [3.8, 4) is 0 Å². The number of hydrogen-bond donors (Lipinski definition) is 1. The SMILES string of the molecule is CC[C@@H](C)N(C(=O)[C@H]1[C@H](C(=O)O)[C@H]2C=C[C@H]1C2)[C@@H](C)CC. The number of carboxylic acid groups (broad SMARTS) is 1. The molecule has 0 aromatic heterocycles. The highest BCUT2D eigenvalue weighted by molar-refractivity contribution is 5.87. The van der Waals surface area contributed by atoms with Gasteiger partial charge in [-0.05, 0) is 44.9 Å². The zero-order chi connectivity index (χ0) is 15.7. The summed E-state index contributed by atoms with van der Waals surface area (Å²) in [4.78, 5) is 26.6. The Bertz CT molecular complexity index is 435. The molecule has 1 N–H and O–H groups in total. The summed E-state index contributed by atoms with van der Waals surface area (Å²) >= 11 is 0. The number of hydrogen-bond acceptors (Lipinski definition) is 2. The van der Waals surface area contributed by atoms with Gasteiger partial charge in [-0.1, -0.05) is 26.0 Å². The first-order valence-corrected chi connectivity index (χ1v) is 8.15. The van der Waals surface area contributed by atoms with Crippen molar-refractivity contribution in [1.29, 1.82) is 0 Å². The molecule has 1 amide bonds. The second-order valence-corrected chi connectivity index (χ2v) is 6.60. The van der Waals surface area contributed by atoms with Crippen LogP contribution in [-0.4, -0.2) is 34.0 Å². The van der Waals surface area contributed by atoms with Gasteiger partial charge in [-0.2, -0.15) is 0 Å². The topological polar surface area (TPSA) is 57.6 Å². The van der Waals surface area contributed by atoms with Gasteiger partial charge in [-0.3, -0.25) is 9.59 Å². The highest BCUT2D eigenvalue weighted by atomic mass is 16.4. The Kier molecular flexibility index (Phi) is 4.74. The van der Waals surface area contributed by atoms with Gasteiger partial charge < -0.3 is 10.0 Å². The fourth-order valence-electron chi connectivity index (χ4n) is 3.93. The van der Waals surface area contributed by atoms with Gasteiger partial charge in [-0.15, -0.1) is 0 Å². The maximum atomic E-state index is 13.1. The second-order valence-electron chi connectivity index (χ2n) is 6.60. The van der Waals surface area contributed by atoms with Crippen LogP contribution in [0.1, 0.15) is 47.0 Å². The van der Waals surface area contributed by atoms with Gasteiger partial charge in [0.05, 0.1) is 11.8 Å². The minimum absolute atomic E-state index is 0.0390. The standard InChI is InChI=1S/C17H27NO3/c1-5-10(3)18(11(4)6-2)16(19)14-12-7-8-13(9-12)15(14)17(20)21/h7-8,10-15H,5-6,9H2,1-4H3,(H,20,21)/t10-,11+,12-,13-,14+,15+/m0/s1. The minimum Gasteiger partial charge on any atom is -0.481 e. The normalized spacial score (nSPS) is 33.0. The largest absolute Gasteiger partial charge is 0.481 e. The van der Waals surface area contributed by atoms with Crippen molar-refractivity contribution in [2.45, 2.75) is 59.0 Å². The zero-order valence-corrected chi connectivity index (χ0v) is 13.5. The summed E-state index contributed by atoms with van der Waals surface area (Å²) in [5, 5.41) is 9.52. The van der Waals surface area contributed by atoms with Crippen LogP contribution in [0.5, 0.6) is 0 Å². The van der Waals surface area contributed by atoms with E-state index in [0.29, 0.717) is 0 Å². The van der Waals surface area contributed by atoms with E-state index in [0.717, 1.165) is 19.3 Å². The molecule has 0 saturated heterocycles. The summed E-state index contributed by atoms with van der Waals surface area (Å²) in [6.07, 6.45) is 6.65. The van der Waals surface area contributed by atoms with Crippen molar-refractivity contribution in [1.82, 2.24) is 4.90 Å². The third-order valence-electron chi connectivity index (χ3n) is 5.42. The number of amides is 1. The van der Waals surface area contributed by atoms with Gasteiger partial charge in [0.25, 0.3) is 0 Å². The summed E-state index contributed by atoms with van der Waals surface area (Å²) in [7, 11) is 0.